The summed E-state index contributed by atoms with van der Waals surface area (Å²) in [6.07, 6.45) is 2.10. The van der Waals surface area contributed by atoms with Crippen molar-refractivity contribution in [3.8, 4) is 0 Å². The van der Waals surface area contributed by atoms with E-state index in [9.17, 15) is 4.39 Å². The summed E-state index contributed by atoms with van der Waals surface area (Å²) in [5.41, 5.74) is 2.06. The first kappa shape index (κ1) is 17.3. The van der Waals surface area contributed by atoms with Crippen LogP contribution in [0.2, 0.25) is 0 Å². The molecule has 0 aliphatic rings. The lowest BCUT2D eigenvalue weighted by Crippen LogP contribution is -2.32. The average molecular weight is 300 g/mol. The number of thioether (sulfide) groups is 1. The van der Waals surface area contributed by atoms with E-state index in [0.717, 1.165) is 23.5 Å². The summed E-state index contributed by atoms with van der Waals surface area (Å²) in [7, 11) is 3.74. The standard InChI is InChI=1S/C15H25FN2OS/c1-12(11-20-4)18(2)15-6-5-14(16)9-13(15)10-17-7-8-19-3/h5-6,9,12,17H,7-8,10-11H2,1-4H3. The van der Waals surface area contributed by atoms with Crippen molar-refractivity contribution in [3.63, 3.8) is 0 Å². The zero-order chi connectivity index (χ0) is 15.0. The zero-order valence-electron chi connectivity index (χ0n) is 12.8. The van der Waals surface area contributed by atoms with E-state index in [1.54, 1.807) is 13.2 Å². The van der Waals surface area contributed by atoms with Gasteiger partial charge in [-0.25, -0.2) is 4.39 Å². The van der Waals surface area contributed by atoms with E-state index in [-0.39, 0.29) is 5.82 Å². The van der Waals surface area contributed by atoms with Crippen LogP contribution in [0.4, 0.5) is 10.1 Å². The van der Waals surface area contributed by atoms with Crippen LogP contribution in [-0.4, -0.2) is 45.4 Å². The normalized spacial score (nSPS) is 12.4. The van der Waals surface area contributed by atoms with Gasteiger partial charge in [0.05, 0.1) is 6.61 Å². The van der Waals surface area contributed by atoms with Crippen LogP contribution in [0.15, 0.2) is 18.2 Å². The molecule has 1 atom stereocenters. The van der Waals surface area contributed by atoms with Crippen molar-refractivity contribution in [1.29, 1.82) is 0 Å². The van der Waals surface area contributed by atoms with Crippen molar-refractivity contribution in [1.82, 2.24) is 5.32 Å². The number of rotatable bonds is 9. The highest BCUT2D eigenvalue weighted by atomic mass is 32.2. The van der Waals surface area contributed by atoms with Crippen molar-refractivity contribution in [2.75, 3.05) is 44.2 Å². The van der Waals surface area contributed by atoms with Crippen LogP contribution in [0.3, 0.4) is 0 Å². The Kier molecular flexibility index (Phi) is 7.95. The molecule has 1 aromatic rings. The maximum absolute atomic E-state index is 13.5. The van der Waals surface area contributed by atoms with Crippen molar-refractivity contribution < 1.29 is 9.13 Å². The van der Waals surface area contributed by atoms with Crippen LogP contribution >= 0.6 is 11.8 Å². The number of hydrogen-bond donors (Lipinski definition) is 1. The molecule has 20 heavy (non-hydrogen) atoms. The van der Waals surface area contributed by atoms with Crippen LogP contribution in [0.25, 0.3) is 0 Å². The highest BCUT2D eigenvalue weighted by molar-refractivity contribution is 7.98. The van der Waals surface area contributed by atoms with Gasteiger partial charge in [-0.3, -0.25) is 0 Å². The molecule has 0 saturated carbocycles. The third-order valence-electron chi connectivity index (χ3n) is 3.29. The van der Waals surface area contributed by atoms with E-state index < -0.39 is 0 Å². The Balaban J connectivity index is 2.78. The quantitative estimate of drug-likeness (QED) is 0.709. The average Bonchev–Trinajstić information content (AvgIpc) is 2.43. The molecule has 0 radical (unpaired) electrons. The lowest BCUT2D eigenvalue weighted by molar-refractivity contribution is 0.199. The molecule has 0 aliphatic heterocycles. The number of methoxy groups -OCH3 is 1. The molecule has 0 spiro atoms. The van der Waals surface area contributed by atoms with Gasteiger partial charge < -0.3 is 15.0 Å². The minimum atomic E-state index is -0.191. The number of ether oxygens (including phenoxy) is 1. The summed E-state index contributed by atoms with van der Waals surface area (Å²) in [5.74, 6) is 0.855. The second kappa shape index (κ2) is 9.21. The number of anilines is 1. The van der Waals surface area contributed by atoms with Gasteiger partial charge in [0.2, 0.25) is 0 Å². The predicted molar refractivity (Wildman–Crippen MR) is 86.2 cm³/mol. The summed E-state index contributed by atoms with van der Waals surface area (Å²) < 4.78 is 18.5. The number of hydrogen-bond acceptors (Lipinski definition) is 4. The molecule has 5 heteroatoms. The van der Waals surface area contributed by atoms with Gasteiger partial charge in [0.1, 0.15) is 5.82 Å². The summed E-state index contributed by atoms with van der Waals surface area (Å²) in [6.45, 7) is 4.24. The van der Waals surface area contributed by atoms with Crippen LogP contribution in [0, 0.1) is 5.82 Å². The Labute approximate surface area is 125 Å². The Morgan fingerprint density at radius 1 is 1.45 bits per heavy atom. The number of benzene rings is 1. The Morgan fingerprint density at radius 2 is 2.20 bits per heavy atom. The van der Waals surface area contributed by atoms with Crippen LogP contribution < -0.4 is 10.2 Å². The van der Waals surface area contributed by atoms with Crippen LogP contribution in [0.5, 0.6) is 0 Å². The molecule has 1 aromatic carbocycles. The van der Waals surface area contributed by atoms with Crippen LogP contribution in [0.1, 0.15) is 12.5 Å². The lowest BCUT2D eigenvalue weighted by atomic mass is 10.1. The third kappa shape index (κ3) is 5.31. The fourth-order valence-corrected chi connectivity index (χ4v) is 2.73. The number of nitrogens with one attached hydrogen (secondary N) is 1. The maximum Gasteiger partial charge on any atom is 0.123 e. The first-order chi connectivity index (χ1) is 9.60. The highest BCUT2D eigenvalue weighted by Gasteiger charge is 2.13. The van der Waals surface area contributed by atoms with Gasteiger partial charge >= 0.3 is 0 Å². The van der Waals surface area contributed by atoms with E-state index in [0.29, 0.717) is 19.2 Å². The van der Waals surface area contributed by atoms with Gasteiger partial charge in [-0.2, -0.15) is 11.8 Å². The first-order valence-electron chi connectivity index (χ1n) is 6.80. The lowest BCUT2D eigenvalue weighted by Gasteiger charge is -2.29. The fraction of sp³-hybridized carbons (Fsp3) is 0.600. The second-order valence-corrected chi connectivity index (χ2v) is 5.77. The molecule has 0 heterocycles. The van der Waals surface area contributed by atoms with Gasteiger partial charge in [-0.05, 0) is 36.9 Å². The molecule has 1 rings (SSSR count). The summed E-state index contributed by atoms with van der Waals surface area (Å²) in [4.78, 5) is 2.21. The van der Waals surface area contributed by atoms with Gasteiger partial charge in [-0.1, -0.05) is 0 Å². The van der Waals surface area contributed by atoms with Gasteiger partial charge in [-0.15, -0.1) is 0 Å². The van der Waals surface area contributed by atoms with Gasteiger partial charge in [0.15, 0.2) is 0 Å². The van der Waals surface area contributed by atoms with E-state index >= 15 is 0 Å². The van der Waals surface area contributed by atoms with E-state index in [1.807, 2.05) is 17.8 Å². The van der Waals surface area contributed by atoms with Crippen LogP contribution in [-0.2, 0) is 11.3 Å². The Bertz CT molecular complexity index is 403. The molecular formula is C15H25FN2OS. The molecule has 1 unspecified atom stereocenters. The summed E-state index contributed by atoms with van der Waals surface area (Å²) in [6, 6.07) is 5.40. The molecule has 3 nitrogen and oxygen atoms in total. The van der Waals surface area contributed by atoms with Crippen molar-refractivity contribution in [2.24, 2.45) is 0 Å². The third-order valence-corrected chi connectivity index (χ3v) is 4.10. The van der Waals surface area contributed by atoms with Gasteiger partial charge in [0.25, 0.3) is 0 Å². The number of halogens is 1. The SMILES string of the molecule is COCCNCc1cc(F)ccc1N(C)C(C)CSC. The molecular weight excluding hydrogens is 275 g/mol. The molecule has 1 N–H and O–H groups in total. The molecule has 0 aliphatic carbocycles. The predicted octanol–water partition coefficient (Wildman–Crippen LogP) is 2.75. The molecule has 114 valence electrons. The highest BCUT2D eigenvalue weighted by Crippen LogP contribution is 2.23. The number of nitrogens with zero attached hydrogens (tertiary/aromatic N) is 1. The van der Waals surface area contributed by atoms with E-state index in [4.69, 9.17) is 4.74 Å². The minimum absolute atomic E-state index is 0.191. The minimum Gasteiger partial charge on any atom is -0.383 e. The van der Waals surface area contributed by atoms with E-state index in [1.165, 1.54) is 6.07 Å². The molecule has 0 bridgehead atoms. The fourth-order valence-electron chi connectivity index (χ4n) is 2.03. The smallest absolute Gasteiger partial charge is 0.123 e. The topological polar surface area (TPSA) is 24.5 Å². The van der Waals surface area contributed by atoms with Gasteiger partial charge in [0, 0.05) is 44.7 Å². The monoisotopic (exact) mass is 300 g/mol. The summed E-state index contributed by atoms with van der Waals surface area (Å²) in [5, 5.41) is 3.27. The van der Waals surface area contributed by atoms with E-state index in [2.05, 4.69) is 30.4 Å². The largest absolute Gasteiger partial charge is 0.383 e. The molecule has 0 saturated heterocycles. The summed E-state index contributed by atoms with van der Waals surface area (Å²) >= 11 is 1.82. The molecule has 0 fully saturated rings. The maximum atomic E-state index is 13.5. The first-order valence-corrected chi connectivity index (χ1v) is 8.19. The van der Waals surface area contributed by atoms with Crippen molar-refractivity contribution in [2.45, 2.75) is 19.5 Å². The zero-order valence-corrected chi connectivity index (χ0v) is 13.6. The molecule has 0 aromatic heterocycles. The molecule has 0 amide bonds. The Morgan fingerprint density at radius 3 is 2.85 bits per heavy atom. The second-order valence-electron chi connectivity index (χ2n) is 4.86. The Hall–Kier alpha value is -0.780. The van der Waals surface area contributed by atoms with Crippen molar-refractivity contribution in [3.05, 3.63) is 29.6 Å². The van der Waals surface area contributed by atoms with Crippen molar-refractivity contribution >= 4 is 17.4 Å².